The summed E-state index contributed by atoms with van der Waals surface area (Å²) in [6.45, 7) is 5.35. The number of benzene rings is 2. The molecule has 3 aromatic heterocycles. The highest BCUT2D eigenvalue weighted by Gasteiger charge is 2.29. The summed E-state index contributed by atoms with van der Waals surface area (Å²) in [5.41, 5.74) is 8.03. The standard InChI is InChI=1S/C27H29N9/c1-3-35-13-12-22-19(15-35)16-36(32-22)20-8-6-18(7-9-20)26-30-27(34(2)33-26)29-24-11-10-23-21(14-28-31-23)25(24)17-4-5-17/h6-11,14,16-17H,3-5,12-13,15H2,1-2H3,(H,28,31)(H,29,30,33). The van der Waals surface area contributed by atoms with Crippen molar-refractivity contribution in [2.45, 2.75) is 38.6 Å². The van der Waals surface area contributed by atoms with E-state index in [9.17, 15) is 0 Å². The van der Waals surface area contributed by atoms with Crippen LogP contribution in [0.1, 0.15) is 42.5 Å². The zero-order valence-corrected chi connectivity index (χ0v) is 20.6. The van der Waals surface area contributed by atoms with Crippen LogP contribution in [0.2, 0.25) is 0 Å². The second-order valence-electron chi connectivity index (χ2n) is 9.85. The largest absolute Gasteiger partial charge is 0.324 e. The molecule has 2 aromatic carbocycles. The van der Waals surface area contributed by atoms with Gasteiger partial charge in [0.05, 0.1) is 23.1 Å². The fourth-order valence-electron chi connectivity index (χ4n) is 5.23. The van der Waals surface area contributed by atoms with E-state index < -0.39 is 0 Å². The Morgan fingerprint density at radius 2 is 1.94 bits per heavy atom. The molecule has 0 unspecified atom stereocenters. The van der Waals surface area contributed by atoms with Gasteiger partial charge in [0, 0.05) is 55.0 Å². The molecule has 1 fully saturated rings. The first-order valence-electron chi connectivity index (χ1n) is 12.7. The molecule has 0 saturated heterocycles. The molecule has 0 radical (unpaired) electrons. The molecule has 4 heterocycles. The number of H-pyrrole nitrogens is 1. The van der Waals surface area contributed by atoms with Gasteiger partial charge in [-0.15, -0.1) is 5.10 Å². The number of likely N-dealkylation sites (N-methyl/N-ethyl adjacent to an activating group) is 1. The summed E-state index contributed by atoms with van der Waals surface area (Å²) in [4.78, 5) is 7.28. The van der Waals surface area contributed by atoms with E-state index in [4.69, 9.17) is 10.1 Å². The van der Waals surface area contributed by atoms with E-state index in [1.165, 1.54) is 35.0 Å². The smallest absolute Gasteiger partial charge is 0.225 e. The Hall–Kier alpha value is -3.98. The average Bonchev–Trinajstić information content (AvgIpc) is 3.30. The summed E-state index contributed by atoms with van der Waals surface area (Å²) in [7, 11) is 1.92. The highest BCUT2D eigenvalue weighted by Crippen LogP contribution is 2.47. The van der Waals surface area contributed by atoms with Crippen LogP contribution in [0.4, 0.5) is 11.6 Å². The van der Waals surface area contributed by atoms with Gasteiger partial charge in [-0.05, 0) is 67.3 Å². The number of hydrogen-bond acceptors (Lipinski definition) is 6. The minimum Gasteiger partial charge on any atom is -0.324 e. The van der Waals surface area contributed by atoms with Crippen LogP contribution in [0, 0.1) is 0 Å². The van der Waals surface area contributed by atoms with Crippen LogP contribution in [0.3, 0.4) is 0 Å². The maximum Gasteiger partial charge on any atom is 0.225 e. The van der Waals surface area contributed by atoms with Crippen molar-refractivity contribution in [3.63, 3.8) is 0 Å². The quantitative estimate of drug-likeness (QED) is 0.371. The van der Waals surface area contributed by atoms with Crippen LogP contribution >= 0.6 is 0 Å². The molecule has 1 aliphatic heterocycles. The molecule has 182 valence electrons. The van der Waals surface area contributed by atoms with Gasteiger partial charge in [0.2, 0.25) is 5.95 Å². The van der Waals surface area contributed by atoms with E-state index in [2.05, 4.69) is 75.0 Å². The van der Waals surface area contributed by atoms with Crippen molar-refractivity contribution < 1.29 is 0 Å². The van der Waals surface area contributed by atoms with Crippen LogP contribution in [0.5, 0.6) is 0 Å². The third kappa shape index (κ3) is 3.67. The van der Waals surface area contributed by atoms with E-state index in [0.717, 1.165) is 54.5 Å². The number of aromatic nitrogens is 7. The number of rotatable bonds is 6. The van der Waals surface area contributed by atoms with E-state index in [0.29, 0.717) is 11.7 Å². The lowest BCUT2D eigenvalue weighted by Gasteiger charge is -2.23. The van der Waals surface area contributed by atoms with Crippen LogP contribution in [0.25, 0.3) is 28.0 Å². The van der Waals surface area contributed by atoms with Gasteiger partial charge in [-0.3, -0.25) is 10.00 Å². The lowest BCUT2D eigenvalue weighted by atomic mass is 10.0. The van der Waals surface area contributed by atoms with Gasteiger partial charge >= 0.3 is 0 Å². The summed E-state index contributed by atoms with van der Waals surface area (Å²) < 4.78 is 3.80. The molecular weight excluding hydrogens is 450 g/mol. The molecule has 0 spiro atoms. The maximum atomic E-state index is 4.84. The van der Waals surface area contributed by atoms with E-state index in [-0.39, 0.29) is 0 Å². The summed E-state index contributed by atoms with van der Waals surface area (Å²) in [5, 5.41) is 21.6. The molecule has 5 aromatic rings. The molecule has 36 heavy (non-hydrogen) atoms. The van der Waals surface area contributed by atoms with Gasteiger partial charge in [0.15, 0.2) is 5.82 Å². The van der Waals surface area contributed by atoms with Gasteiger partial charge in [-0.2, -0.15) is 15.2 Å². The van der Waals surface area contributed by atoms with Crippen molar-refractivity contribution in [1.29, 1.82) is 0 Å². The van der Waals surface area contributed by atoms with Crippen molar-refractivity contribution >= 4 is 22.5 Å². The Morgan fingerprint density at radius 3 is 2.75 bits per heavy atom. The van der Waals surface area contributed by atoms with Crippen LogP contribution in [-0.4, -0.2) is 52.7 Å². The van der Waals surface area contributed by atoms with Crippen LogP contribution in [0.15, 0.2) is 48.8 Å². The van der Waals surface area contributed by atoms with Crippen LogP contribution < -0.4 is 5.32 Å². The third-order valence-electron chi connectivity index (χ3n) is 7.43. The minimum atomic E-state index is 0.576. The molecule has 0 bridgehead atoms. The number of nitrogens with one attached hydrogen (secondary N) is 2. The van der Waals surface area contributed by atoms with Gasteiger partial charge in [0.1, 0.15) is 0 Å². The highest BCUT2D eigenvalue weighted by atomic mass is 15.4. The molecule has 9 heteroatoms. The topological polar surface area (TPSA) is 92.5 Å². The first-order chi connectivity index (χ1) is 17.7. The Bertz CT molecular complexity index is 1550. The summed E-state index contributed by atoms with van der Waals surface area (Å²) >= 11 is 0. The predicted molar refractivity (Wildman–Crippen MR) is 140 cm³/mol. The number of nitrogens with zero attached hydrogens (tertiary/aromatic N) is 7. The van der Waals surface area contributed by atoms with Crippen molar-refractivity contribution in [2.75, 3.05) is 18.4 Å². The number of fused-ring (bicyclic) bond motifs is 2. The predicted octanol–water partition coefficient (Wildman–Crippen LogP) is 4.54. The lowest BCUT2D eigenvalue weighted by molar-refractivity contribution is 0.267. The fourth-order valence-corrected chi connectivity index (χ4v) is 5.23. The molecule has 2 aliphatic rings. The monoisotopic (exact) mass is 479 g/mol. The van der Waals surface area contributed by atoms with Crippen LogP contribution in [-0.2, 0) is 20.0 Å². The summed E-state index contributed by atoms with van der Waals surface area (Å²) in [5.74, 6) is 1.99. The molecule has 9 nitrogen and oxygen atoms in total. The van der Waals surface area contributed by atoms with E-state index in [1.807, 2.05) is 17.9 Å². The third-order valence-corrected chi connectivity index (χ3v) is 7.43. The number of hydrogen-bond donors (Lipinski definition) is 2. The number of anilines is 2. The normalized spacial score (nSPS) is 15.9. The number of aromatic amines is 1. The molecule has 1 saturated carbocycles. The molecule has 0 atom stereocenters. The maximum absolute atomic E-state index is 4.84. The van der Waals surface area contributed by atoms with E-state index in [1.54, 1.807) is 4.68 Å². The highest BCUT2D eigenvalue weighted by molar-refractivity contribution is 5.89. The first-order valence-corrected chi connectivity index (χ1v) is 12.7. The van der Waals surface area contributed by atoms with Gasteiger partial charge in [-0.1, -0.05) is 6.92 Å². The molecule has 1 aliphatic carbocycles. The zero-order valence-electron chi connectivity index (χ0n) is 20.6. The van der Waals surface area contributed by atoms with Crippen molar-refractivity contribution in [3.05, 3.63) is 65.6 Å². The summed E-state index contributed by atoms with van der Waals surface area (Å²) in [6, 6.07) is 12.5. The average molecular weight is 480 g/mol. The second kappa shape index (κ2) is 8.30. The zero-order chi connectivity index (χ0) is 24.2. The molecule has 0 amide bonds. The number of aryl methyl sites for hydroxylation is 1. The molecule has 7 rings (SSSR count). The Labute approximate surface area is 209 Å². The Morgan fingerprint density at radius 1 is 1.08 bits per heavy atom. The minimum absolute atomic E-state index is 0.576. The van der Waals surface area contributed by atoms with Gasteiger partial charge in [-0.25, -0.2) is 9.36 Å². The van der Waals surface area contributed by atoms with E-state index >= 15 is 0 Å². The lowest BCUT2D eigenvalue weighted by Crippen LogP contribution is -2.29. The Balaban J connectivity index is 1.14. The van der Waals surface area contributed by atoms with Crippen molar-refractivity contribution in [1.82, 2.24) is 39.6 Å². The van der Waals surface area contributed by atoms with Crippen molar-refractivity contribution in [3.8, 4) is 17.1 Å². The SMILES string of the molecule is CCN1CCc2nn(-c3ccc(-c4nc(Nc5ccc6[nH]ncc6c5C5CC5)n(C)n4)cc3)cc2C1. The summed E-state index contributed by atoms with van der Waals surface area (Å²) in [6.07, 6.45) is 7.53. The Kier molecular flexibility index (Phi) is 4.92. The van der Waals surface area contributed by atoms with Crippen molar-refractivity contribution in [2.24, 2.45) is 7.05 Å². The molecular formula is C27H29N9. The van der Waals surface area contributed by atoms with Gasteiger partial charge < -0.3 is 5.32 Å². The first kappa shape index (κ1) is 21.3. The van der Waals surface area contributed by atoms with Gasteiger partial charge in [0.25, 0.3) is 0 Å². The molecule has 2 N–H and O–H groups in total. The fraction of sp³-hybridized carbons (Fsp3) is 0.333. The second-order valence-corrected chi connectivity index (χ2v) is 9.85.